The number of hydrogen-bond donors (Lipinski definition) is 0. The molecule has 0 aliphatic carbocycles. The van der Waals surface area contributed by atoms with E-state index in [1.54, 1.807) is 0 Å². The van der Waals surface area contributed by atoms with Crippen molar-refractivity contribution in [1.29, 1.82) is 0 Å². The van der Waals surface area contributed by atoms with Gasteiger partial charge in [-0.3, -0.25) is 4.79 Å². The second kappa shape index (κ2) is 7.12. The molecular weight excluding hydrogens is 462 g/mol. The molecule has 3 rings (SSSR count). The number of fused-ring (bicyclic) bond motifs is 1. The van der Waals surface area contributed by atoms with E-state index in [2.05, 4.69) is 62.8 Å². The molecule has 0 fully saturated rings. The molecule has 0 radical (unpaired) electrons. The Kier molecular flexibility index (Phi) is 5.21. The smallest absolute Gasteiger partial charge is 0.308 e. The molecular formula is C19H19Br2N3O2. The Balaban J connectivity index is 2.33. The first-order valence-corrected chi connectivity index (χ1v) is 9.97. The van der Waals surface area contributed by atoms with Gasteiger partial charge in [0.05, 0.1) is 3.74 Å². The monoisotopic (exact) mass is 479 g/mol. The summed E-state index contributed by atoms with van der Waals surface area (Å²) in [6.45, 7) is 7.63. The van der Waals surface area contributed by atoms with Gasteiger partial charge < -0.3 is 4.74 Å². The van der Waals surface area contributed by atoms with Crippen molar-refractivity contribution < 1.29 is 9.53 Å². The van der Waals surface area contributed by atoms with Crippen LogP contribution >= 0.6 is 31.9 Å². The summed E-state index contributed by atoms with van der Waals surface area (Å²) >= 11 is 7.12. The maximum absolute atomic E-state index is 11.8. The highest BCUT2D eigenvalue weighted by Crippen LogP contribution is 2.41. The number of rotatable bonds is 3. The Morgan fingerprint density at radius 1 is 1.12 bits per heavy atom. The largest absolute Gasteiger partial charge is 0.424 e. The normalized spacial score (nSPS) is 12.0. The van der Waals surface area contributed by atoms with E-state index >= 15 is 0 Å². The zero-order chi connectivity index (χ0) is 19.1. The summed E-state index contributed by atoms with van der Waals surface area (Å²) in [4.78, 5) is 13.3. The molecule has 0 aliphatic heterocycles. The molecule has 5 nitrogen and oxygen atoms in total. The molecule has 1 heterocycles. The lowest BCUT2D eigenvalue weighted by Crippen LogP contribution is -2.18. The maximum atomic E-state index is 11.8. The Bertz CT molecular complexity index is 942. The number of ether oxygens (including phenoxy) is 1. The molecule has 2 aromatic carbocycles. The molecule has 0 unspecified atom stereocenters. The summed E-state index contributed by atoms with van der Waals surface area (Å²) in [7, 11) is 0. The summed E-state index contributed by atoms with van der Waals surface area (Å²) in [6, 6.07) is 11.6. The molecule has 136 valence electrons. The van der Waals surface area contributed by atoms with Crippen molar-refractivity contribution in [3.05, 3.63) is 47.5 Å². The highest BCUT2D eigenvalue weighted by Gasteiger charge is 2.26. The summed E-state index contributed by atoms with van der Waals surface area (Å²) in [5.74, 6) is 0.102. The number of esters is 1. The number of hydrogen-bond acceptors (Lipinski definition) is 4. The van der Waals surface area contributed by atoms with E-state index in [0.29, 0.717) is 11.4 Å². The summed E-state index contributed by atoms with van der Waals surface area (Å²) in [6.07, 6.45) is 0. The third kappa shape index (κ3) is 3.83. The molecule has 0 N–H and O–H groups in total. The van der Waals surface area contributed by atoms with Crippen molar-refractivity contribution in [2.24, 2.45) is 0 Å². The van der Waals surface area contributed by atoms with Crippen LogP contribution in [0.1, 0.15) is 42.6 Å². The minimum absolute atomic E-state index is 0.0498. The van der Waals surface area contributed by atoms with Crippen molar-refractivity contribution in [3.8, 4) is 11.4 Å². The summed E-state index contributed by atoms with van der Waals surface area (Å²) in [5, 5.41) is 9.12. The highest BCUT2D eigenvalue weighted by molar-refractivity contribution is 9.24. The van der Waals surface area contributed by atoms with E-state index in [1.807, 2.05) is 36.4 Å². The molecule has 26 heavy (non-hydrogen) atoms. The number of carbonyl (C=O) groups is 1. The topological polar surface area (TPSA) is 57.0 Å². The van der Waals surface area contributed by atoms with Crippen LogP contribution in [0.4, 0.5) is 0 Å². The lowest BCUT2D eigenvalue weighted by molar-refractivity contribution is -0.131. The van der Waals surface area contributed by atoms with Gasteiger partial charge in [0.25, 0.3) is 0 Å². The van der Waals surface area contributed by atoms with E-state index in [-0.39, 0.29) is 15.1 Å². The molecule has 1 aromatic heterocycles. The molecule has 0 amide bonds. The number of aromatic nitrogens is 3. The number of nitrogens with zero attached hydrogens (tertiary/aromatic N) is 3. The van der Waals surface area contributed by atoms with Gasteiger partial charge in [-0.05, 0) is 35.2 Å². The van der Waals surface area contributed by atoms with Crippen molar-refractivity contribution in [1.82, 2.24) is 15.0 Å². The minimum Gasteiger partial charge on any atom is -0.424 e. The molecule has 0 bridgehead atoms. The number of benzene rings is 2. The molecule has 0 aliphatic rings. The van der Waals surface area contributed by atoms with Crippen LogP contribution in [0.2, 0.25) is 0 Å². The van der Waals surface area contributed by atoms with Gasteiger partial charge in [0.2, 0.25) is 0 Å². The van der Waals surface area contributed by atoms with E-state index in [9.17, 15) is 4.79 Å². The lowest BCUT2D eigenvalue weighted by Gasteiger charge is -2.25. The van der Waals surface area contributed by atoms with Gasteiger partial charge in [-0.2, -0.15) is 0 Å². The van der Waals surface area contributed by atoms with Crippen LogP contribution in [0.3, 0.4) is 0 Å². The first-order valence-electron chi connectivity index (χ1n) is 8.14. The zero-order valence-electron chi connectivity index (χ0n) is 15.0. The fraction of sp³-hybridized carbons (Fsp3) is 0.316. The van der Waals surface area contributed by atoms with Gasteiger partial charge in [-0.15, -0.1) is 15.0 Å². The Morgan fingerprint density at radius 3 is 2.15 bits per heavy atom. The van der Waals surface area contributed by atoms with Crippen LogP contribution in [0.25, 0.3) is 16.7 Å². The molecule has 0 saturated heterocycles. The lowest BCUT2D eigenvalue weighted by atomic mass is 9.85. The van der Waals surface area contributed by atoms with E-state index in [1.165, 1.54) is 11.7 Å². The average Bonchev–Trinajstić information content (AvgIpc) is 2.96. The molecule has 0 spiro atoms. The van der Waals surface area contributed by atoms with Crippen LogP contribution < -0.4 is 4.74 Å². The first kappa shape index (κ1) is 19.0. The maximum Gasteiger partial charge on any atom is 0.308 e. The van der Waals surface area contributed by atoms with Gasteiger partial charge in [0, 0.05) is 12.5 Å². The minimum atomic E-state index is -0.379. The summed E-state index contributed by atoms with van der Waals surface area (Å²) < 4.78 is 5.57. The van der Waals surface area contributed by atoms with Crippen molar-refractivity contribution in [2.45, 2.75) is 36.8 Å². The van der Waals surface area contributed by atoms with E-state index < -0.39 is 0 Å². The van der Waals surface area contributed by atoms with Crippen LogP contribution in [0, 0.1) is 0 Å². The highest BCUT2D eigenvalue weighted by atomic mass is 79.9. The van der Waals surface area contributed by atoms with Gasteiger partial charge in [0.1, 0.15) is 16.7 Å². The second-order valence-corrected chi connectivity index (χ2v) is 10.1. The molecule has 0 atom stereocenters. The quantitative estimate of drug-likeness (QED) is 0.285. The fourth-order valence-electron chi connectivity index (χ4n) is 2.69. The number of alkyl halides is 2. The molecule has 7 heteroatoms. The number of carbonyl (C=O) groups excluding carboxylic acids is 1. The zero-order valence-corrected chi connectivity index (χ0v) is 18.1. The van der Waals surface area contributed by atoms with Crippen LogP contribution in [0.5, 0.6) is 5.75 Å². The van der Waals surface area contributed by atoms with Gasteiger partial charge >= 0.3 is 5.97 Å². The third-order valence-electron chi connectivity index (χ3n) is 3.90. The third-order valence-corrected chi connectivity index (χ3v) is 4.96. The van der Waals surface area contributed by atoms with Crippen molar-refractivity contribution >= 4 is 48.9 Å². The average molecular weight is 481 g/mol. The van der Waals surface area contributed by atoms with Gasteiger partial charge in [-0.25, -0.2) is 0 Å². The Morgan fingerprint density at radius 2 is 1.69 bits per heavy atom. The second-order valence-electron chi connectivity index (χ2n) is 7.04. The van der Waals surface area contributed by atoms with E-state index in [4.69, 9.17) is 4.74 Å². The van der Waals surface area contributed by atoms with Crippen LogP contribution in [0.15, 0.2) is 36.4 Å². The van der Waals surface area contributed by atoms with Crippen LogP contribution in [-0.4, -0.2) is 21.0 Å². The van der Waals surface area contributed by atoms with Crippen LogP contribution in [-0.2, 0) is 10.2 Å². The molecule has 0 saturated carbocycles. The van der Waals surface area contributed by atoms with Crippen molar-refractivity contribution in [3.63, 3.8) is 0 Å². The fourth-order valence-corrected chi connectivity index (χ4v) is 3.21. The number of halogens is 2. The predicted molar refractivity (Wildman–Crippen MR) is 109 cm³/mol. The SMILES string of the molecule is CC(=O)Oc1c(-n2nc3ccccc3n2)cc(C(Br)Br)cc1C(C)(C)C. The summed E-state index contributed by atoms with van der Waals surface area (Å²) in [5.41, 5.74) is 3.84. The van der Waals surface area contributed by atoms with Gasteiger partial charge in [0.15, 0.2) is 5.75 Å². The first-order chi connectivity index (χ1) is 12.2. The molecule has 3 aromatic rings. The predicted octanol–water partition coefficient (Wildman–Crippen LogP) is 5.43. The van der Waals surface area contributed by atoms with E-state index in [0.717, 1.165) is 22.2 Å². The standard InChI is InChI=1S/C19H19Br2N3O2/c1-11(25)26-17-13(19(2,3)4)9-12(18(20)21)10-16(17)24-22-14-7-5-6-8-15(14)23-24/h5-10,18H,1-4H3. The Hall–Kier alpha value is -1.73. The van der Waals surface area contributed by atoms with Gasteiger partial charge in [-0.1, -0.05) is 64.8 Å². The Labute approximate surface area is 169 Å². The van der Waals surface area contributed by atoms with Crippen molar-refractivity contribution in [2.75, 3.05) is 0 Å².